The number of aromatic nitrogens is 1. The first-order valence-electron chi connectivity index (χ1n) is 14.2. The average Bonchev–Trinajstić information content (AvgIpc) is 3.55. The molecule has 234 valence electrons. The molecule has 2 aliphatic rings. The normalized spacial score (nSPS) is 24.7. The quantitative estimate of drug-likeness (QED) is 0.183. The summed E-state index contributed by atoms with van der Waals surface area (Å²) in [6.07, 6.45) is -0.191. The van der Waals surface area contributed by atoms with Crippen molar-refractivity contribution in [1.82, 2.24) is 5.09 Å². The SMILES string of the molecule is COC(=O)[C@H](C)NP(=O)(OC[C@H]1O[C@H]([n+]2cccc(C(N)=O)c2)[C@@H]2OC(c3c(C)cc(C)cc3C)O[C@@H]21)Oc1ccccc1. The Hall–Kier alpha value is -3.64. The molecule has 7 atom stereocenters. The summed E-state index contributed by atoms with van der Waals surface area (Å²) in [6, 6.07) is 14.9. The van der Waals surface area contributed by atoms with Gasteiger partial charge in [0.05, 0.1) is 13.7 Å². The van der Waals surface area contributed by atoms with Crippen LogP contribution in [0.15, 0.2) is 67.0 Å². The number of hydrogen-bond acceptors (Lipinski definition) is 9. The molecule has 1 aromatic heterocycles. The van der Waals surface area contributed by atoms with E-state index in [-0.39, 0.29) is 17.9 Å². The third-order valence-corrected chi connectivity index (χ3v) is 9.15. The van der Waals surface area contributed by atoms with Crippen LogP contribution in [0.1, 0.15) is 52.1 Å². The van der Waals surface area contributed by atoms with E-state index in [1.54, 1.807) is 59.4 Å². The van der Waals surface area contributed by atoms with Crippen molar-refractivity contribution in [3.05, 3.63) is 94.8 Å². The molecule has 3 N–H and O–H groups in total. The van der Waals surface area contributed by atoms with E-state index in [1.807, 2.05) is 20.8 Å². The molecule has 13 heteroatoms. The van der Waals surface area contributed by atoms with Crippen molar-refractivity contribution in [2.45, 2.75) is 64.6 Å². The molecule has 0 spiro atoms. The molecule has 2 fully saturated rings. The van der Waals surface area contributed by atoms with Crippen molar-refractivity contribution >= 4 is 19.6 Å². The van der Waals surface area contributed by atoms with Gasteiger partial charge in [-0.25, -0.2) is 4.57 Å². The summed E-state index contributed by atoms with van der Waals surface area (Å²) < 4.78 is 51.5. The molecule has 12 nitrogen and oxygen atoms in total. The number of benzene rings is 2. The Morgan fingerprint density at radius 2 is 1.70 bits per heavy atom. The molecule has 3 aromatic rings. The maximum Gasteiger partial charge on any atom is 0.459 e. The van der Waals surface area contributed by atoms with Crippen LogP contribution in [0.4, 0.5) is 0 Å². The Morgan fingerprint density at radius 1 is 1.02 bits per heavy atom. The van der Waals surface area contributed by atoms with Gasteiger partial charge in [0.25, 0.3) is 12.1 Å². The van der Waals surface area contributed by atoms with Crippen LogP contribution in [0, 0.1) is 20.8 Å². The molecule has 2 aromatic carbocycles. The number of primary amides is 1. The van der Waals surface area contributed by atoms with E-state index < -0.39 is 56.5 Å². The number of rotatable bonds is 11. The van der Waals surface area contributed by atoms with Crippen molar-refractivity contribution in [2.24, 2.45) is 5.73 Å². The molecule has 0 radical (unpaired) electrons. The van der Waals surface area contributed by atoms with E-state index in [9.17, 15) is 14.2 Å². The number of carbonyl (C=O) groups excluding carboxylic acids is 2. The van der Waals surface area contributed by atoms with Crippen molar-refractivity contribution in [3.63, 3.8) is 0 Å². The van der Waals surface area contributed by atoms with E-state index in [0.29, 0.717) is 0 Å². The minimum atomic E-state index is -4.16. The number of carbonyl (C=O) groups is 2. The van der Waals surface area contributed by atoms with Crippen molar-refractivity contribution in [2.75, 3.05) is 13.7 Å². The Morgan fingerprint density at radius 3 is 2.36 bits per heavy atom. The van der Waals surface area contributed by atoms with Crippen LogP contribution >= 0.6 is 7.75 Å². The average molecular weight is 627 g/mol. The summed E-state index contributed by atoms with van der Waals surface area (Å²) >= 11 is 0. The fourth-order valence-corrected chi connectivity index (χ4v) is 7.06. The maximum atomic E-state index is 14.0. The number of aryl methyl sites for hydroxylation is 3. The van der Waals surface area contributed by atoms with Crippen LogP contribution in [-0.4, -0.2) is 49.9 Å². The van der Waals surface area contributed by atoms with Crippen LogP contribution in [-0.2, 0) is 32.8 Å². The predicted molar refractivity (Wildman–Crippen MR) is 157 cm³/mol. The van der Waals surface area contributed by atoms with Gasteiger partial charge in [0.15, 0.2) is 24.8 Å². The Kier molecular flexibility index (Phi) is 9.50. The highest BCUT2D eigenvalue weighted by Crippen LogP contribution is 2.48. The Bertz CT molecular complexity index is 1550. The fourth-order valence-electron chi connectivity index (χ4n) is 5.55. The molecule has 44 heavy (non-hydrogen) atoms. The number of nitrogens with one attached hydrogen (secondary N) is 1. The van der Waals surface area contributed by atoms with Gasteiger partial charge in [0, 0.05) is 11.6 Å². The predicted octanol–water partition coefficient (Wildman–Crippen LogP) is 3.73. The number of hydrogen-bond donors (Lipinski definition) is 2. The lowest BCUT2D eigenvalue weighted by Crippen LogP contribution is -2.46. The summed E-state index contributed by atoms with van der Waals surface area (Å²) in [5.41, 5.74) is 9.88. The summed E-state index contributed by atoms with van der Waals surface area (Å²) in [6.45, 7) is 7.27. The molecular formula is C31H37N3O9P+. The standard InChI is InChI=1S/C31H36N3O9P/c1-18-14-19(2)25(20(3)15-18)31-41-26-24(40-29(27(26)42-31)34-13-9-10-22(16-34)28(32)35)17-39-44(37,33-21(4)30(36)38-5)43-23-11-7-6-8-12-23/h6-16,21,24,26-27,29,31H,17H2,1-5H3,(H2-,32,33,35,37)/p+1/t21-,24+,26+,27+,29-,31?,44?/m0/s1. The zero-order valence-corrected chi connectivity index (χ0v) is 26.1. The van der Waals surface area contributed by atoms with Crippen LogP contribution in [0.3, 0.4) is 0 Å². The minimum Gasteiger partial charge on any atom is -0.468 e. The van der Waals surface area contributed by atoms with E-state index in [2.05, 4.69) is 17.2 Å². The highest BCUT2D eigenvalue weighted by Gasteiger charge is 2.58. The van der Waals surface area contributed by atoms with Crippen LogP contribution in [0.2, 0.25) is 0 Å². The van der Waals surface area contributed by atoms with Gasteiger partial charge in [-0.15, -0.1) is 0 Å². The summed E-state index contributed by atoms with van der Waals surface area (Å²) in [4.78, 5) is 24.1. The number of ether oxygens (including phenoxy) is 4. The largest absolute Gasteiger partial charge is 0.468 e. The van der Waals surface area contributed by atoms with Gasteiger partial charge in [-0.05, 0) is 57.0 Å². The van der Waals surface area contributed by atoms with Gasteiger partial charge in [-0.2, -0.15) is 9.65 Å². The van der Waals surface area contributed by atoms with Gasteiger partial charge in [0.1, 0.15) is 29.6 Å². The fraction of sp³-hybridized carbons (Fsp3) is 0.387. The van der Waals surface area contributed by atoms with Crippen LogP contribution in [0.5, 0.6) is 5.75 Å². The molecule has 0 aliphatic carbocycles. The van der Waals surface area contributed by atoms with Gasteiger partial charge in [-0.1, -0.05) is 35.9 Å². The topological polar surface area (TPSA) is 149 Å². The van der Waals surface area contributed by atoms with Gasteiger partial charge < -0.3 is 29.2 Å². The number of nitrogens with zero attached hydrogens (tertiary/aromatic N) is 1. The van der Waals surface area contributed by atoms with E-state index >= 15 is 0 Å². The minimum absolute atomic E-state index is 0.249. The zero-order valence-electron chi connectivity index (χ0n) is 25.2. The zero-order chi connectivity index (χ0) is 31.6. The summed E-state index contributed by atoms with van der Waals surface area (Å²) in [7, 11) is -2.93. The highest BCUT2D eigenvalue weighted by atomic mass is 31.2. The lowest BCUT2D eigenvalue weighted by atomic mass is 9.99. The first kappa shape index (κ1) is 31.8. The smallest absolute Gasteiger partial charge is 0.459 e. The molecule has 2 aliphatic heterocycles. The van der Waals surface area contributed by atoms with E-state index in [1.165, 1.54) is 14.0 Å². The van der Waals surface area contributed by atoms with Crippen molar-refractivity contribution in [1.29, 1.82) is 0 Å². The second-order valence-corrected chi connectivity index (χ2v) is 12.6. The van der Waals surface area contributed by atoms with Crippen LogP contribution in [0.25, 0.3) is 0 Å². The first-order chi connectivity index (χ1) is 21.0. The van der Waals surface area contributed by atoms with E-state index in [0.717, 1.165) is 22.3 Å². The number of nitrogens with two attached hydrogens (primary N) is 1. The molecule has 0 saturated carbocycles. The van der Waals surface area contributed by atoms with E-state index in [4.69, 9.17) is 33.7 Å². The second-order valence-electron chi connectivity index (χ2n) is 10.9. The lowest BCUT2D eigenvalue weighted by molar-refractivity contribution is -0.766. The number of esters is 1. The second kappa shape index (κ2) is 13.2. The summed E-state index contributed by atoms with van der Waals surface area (Å²) in [5, 5.41) is 2.65. The Balaban J connectivity index is 1.44. The third kappa shape index (κ3) is 6.86. The lowest BCUT2D eigenvalue weighted by Gasteiger charge is -2.25. The van der Waals surface area contributed by atoms with Crippen molar-refractivity contribution < 1.29 is 46.7 Å². The molecule has 3 heterocycles. The molecule has 1 amide bonds. The molecule has 2 unspecified atom stereocenters. The highest BCUT2D eigenvalue weighted by molar-refractivity contribution is 7.52. The van der Waals surface area contributed by atoms with Crippen molar-refractivity contribution in [3.8, 4) is 5.75 Å². The van der Waals surface area contributed by atoms with Gasteiger partial charge in [0.2, 0.25) is 0 Å². The number of para-hydroxylation sites is 1. The number of amides is 1. The third-order valence-electron chi connectivity index (χ3n) is 7.51. The number of methoxy groups -OCH3 is 1. The van der Waals surface area contributed by atoms with Crippen LogP contribution < -0.4 is 19.9 Å². The number of pyridine rings is 1. The molecular weight excluding hydrogens is 589 g/mol. The van der Waals surface area contributed by atoms with Gasteiger partial charge in [-0.3, -0.25) is 14.1 Å². The van der Waals surface area contributed by atoms with Gasteiger partial charge >= 0.3 is 13.7 Å². The maximum absolute atomic E-state index is 14.0. The monoisotopic (exact) mass is 626 g/mol. The molecule has 0 bridgehead atoms. The molecule has 2 saturated heterocycles. The number of fused-ring (bicyclic) bond motifs is 1. The summed E-state index contributed by atoms with van der Waals surface area (Å²) in [5.74, 6) is -0.966. The molecule has 5 rings (SSSR count). The first-order valence-corrected chi connectivity index (χ1v) is 15.7. The Labute approximate surface area is 255 Å².